The predicted octanol–water partition coefficient (Wildman–Crippen LogP) is 1.07. The summed E-state index contributed by atoms with van der Waals surface area (Å²) in [6.07, 6.45) is 4.39. The lowest BCUT2D eigenvalue weighted by Crippen LogP contribution is -2.33. The average molecular weight is 298 g/mol. The van der Waals surface area contributed by atoms with Crippen LogP contribution in [-0.4, -0.2) is 47.0 Å². The van der Waals surface area contributed by atoms with Crippen LogP contribution in [-0.2, 0) is 0 Å². The van der Waals surface area contributed by atoms with Crippen molar-refractivity contribution in [3.63, 3.8) is 0 Å². The van der Waals surface area contributed by atoms with Crippen LogP contribution in [0.2, 0.25) is 5.28 Å². The maximum atomic E-state index is 10.1. The molecular formula is C11H16ClN7O. The lowest BCUT2D eigenvalue weighted by molar-refractivity contribution is 0.0635. The van der Waals surface area contributed by atoms with Crippen LogP contribution in [0.5, 0.6) is 0 Å². The Balaban J connectivity index is 2.13. The van der Waals surface area contributed by atoms with Crippen LogP contribution in [0, 0.1) is 0 Å². The normalized spacial score (nSPS) is 14.0. The molecule has 0 radical (unpaired) electrons. The molecule has 0 bridgehead atoms. The van der Waals surface area contributed by atoms with E-state index in [0.29, 0.717) is 13.0 Å². The molecule has 2 aromatic heterocycles. The molecule has 1 unspecified atom stereocenters. The zero-order valence-electron chi connectivity index (χ0n) is 11.3. The quantitative estimate of drug-likeness (QED) is 0.822. The number of hydrogen-bond donors (Lipinski definition) is 2. The molecule has 0 saturated heterocycles. The lowest BCUT2D eigenvalue weighted by Gasteiger charge is -2.22. The van der Waals surface area contributed by atoms with Gasteiger partial charge in [0.2, 0.25) is 11.2 Å². The molecule has 0 amide bonds. The first-order chi connectivity index (χ1) is 9.50. The van der Waals surface area contributed by atoms with Crippen molar-refractivity contribution in [1.29, 1.82) is 0 Å². The standard InChI is InChI=1S/C11H16ClN7O/c1-3-4-11(2,20)5-14-9-16-8(12)17-10(18-9)19-7-13-6-15-19/h6-7,20H,3-5H2,1-2H3,(H,14,16,17,18). The summed E-state index contributed by atoms with van der Waals surface area (Å²) in [5, 5.41) is 17.0. The molecule has 0 aliphatic heterocycles. The van der Waals surface area contributed by atoms with Crippen molar-refractivity contribution in [1.82, 2.24) is 29.7 Å². The van der Waals surface area contributed by atoms with E-state index in [-0.39, 0.29) is 17.2 Å². The molecule has 0 saturated carbocycles. The fourth-order valence-corrected chi connectivity index (χ4v) is 1.88. The van der Waals surface area contributed by atoms with Crippen molar-refractivity contribution >= 4 is 17.5 Å². The largest absolute Gasteiger partial charge is 0.388 e. The van der Waals surface area contributed by atoms with Crippen LogP contribution in [0.3, 0.4) is 0 Å². The fraction of sp³-hybridized carbons (Fsp3) is 0.545. The van der Waals surface area contributed by atoms with E-state index in [0.717, 1.165) is 6.42 Å². The van der Waals surface area contributed by atoms with Gasteiger partial charge >= 0.3 is 0 Å². The Morgan fingerprint density at radius 1 is 1.40 bits per heavy atom. The Hall–Kier alpha value is -1.80. The highest BCUT2D eigenvalue weighted by atomic mass is 35.5. The summed E-state index contributed by atoms with van der Waals surface area (Å²) < 4.78 is 1.38. The molecule has 2 rings (SSSR count). The molecule has 2 aromatic rings. The minimum atomic E-state index is -0.832. The molecule has 2 heterocycles. The SMILES string of the molecule is CCCC(C)(O)CNc1nc(Cl)nc(-n2cncn2)n1. The van der Waals surface area contributed by atoms with Crippen molar-refractivity contribution in [2.75, 3.05) is 11.9 Å². The van der Waals surface area contributed by atoms with E-state index < -0.39 is 5.60 Å². The number of halogens is 1. The van der Waals surface area contributed by atoms with Gasteiger partial charge in [-0.15, -0.1) is 0 Å². The van der Waals surface area contributed by atoms with E-state index in [9.17, 15) is 5.11 Å². The molecule has 8 nitrogen and oxygen atoms in total. The highest BCUT2D eigenvalue weighted by molar-refractivity contribution is 6.28. The fourth-order valence-electron chi connectivity index (χ4n) is 1.73. The number of aromatic nitrogens is 6. The third kappa shape index (κ3) is 3.84. The summed E-state index contributed by atoms with van der Waals surface area (Å²) in [6, 6.07) is 0. The first-order valence-electron chi connectivity index (χ1n) is 6.23. The van der Waals surface area contributed by atoms with Gasteiger partial charge in [-0.3, -0.25) is 0 Å². The third-order valence-electron chi connectivity index (χ3n) is 2.64. The van der Waals surface area contributed by atoms with Gasteiger partial charge in [-0.2, -0.15) is 24.7 Å². The molecule has 108 valence electrons. The van der Waals surface area contributed by atoms with Gasteiger partial charge in [0.15, 0.2) is 0 Å². The molecule has 0 spiro atoms. The van der Waals surface area contributed by atoms with Crippen LogP contribution < -0.4 is 5.32 Å². The van der Waals surface area contributed by atoms with Crippen molar-refractivity contribution in [3.8, 4) is 5.95 Å². The Bertz CT molecular complexity index is 558. The molecule has 0 aromatic carbocycles. The van der Waals surface area contributed by atoms with Gasteiger partial charge in [-0.1, -0.05) is 13.3 Å². The monoisotopic (exact) mass is 297 g/mol. The number of anilines is 1. The molecule has 9 heteroatoms. The highest BCUT2D eigenvalue weighted by Crippen LogP contribution is 2.14. The predicted molar refractivity (Wildman–Crippen MR) is 73.8 cm³/mol. The van der Waals surface area contributed by atoms with E-state index in [1.807, 2.05) is 6.92 Å². The first kappa shape index (κ1) is 14.6. The molecule has 0 aliphatic carbocycles. The smallest absolute Gasteiger partial charge is 0.258 e. The molecular weight excluding hydrogens is 282 g/mol. The van der Waals surface area contributed by atoms with Gasteiger partial charge in [-0.05, 0) is 24.9 Å². The minimum Gasteiger partial charge on any atom is -0.388 e. The Morgan fingerprint density at radius 2 is 2.20 bits per heavy atom. The zero-order chi connectivity index (χ0) is 14.6. The van der Waals surface area contributed by atoms with Gasteiger partial charge in [0, 0.05) is 6.54 Å². The second-order valence-corrected chi connectivity index (χ2v) is 5.01. The maximum Gasteiger partial charge on any atom is 0.258 e. The van der Waals surface area contributed by atoms with Crippen LogP contribution >= 0.6 is 11.6 Å². The van der Waals surface area contributed by atoms with E-state index in [2.05, 4.69) is 30.4 Å². The number of nitrogens with zero attached hydrogens (tertiary/aromatic N) is 6. The summed E-state index contributed by atoms with van der Waals surface area (Å²) >= 11 is 5.85. The van der Waals surface area contributed by atoms with Crippen LogP contribution in [0.4, 0.5) is 5.95 Å². The number of rotatable bonds is 6. The summed E-state index contributed by atoms with van der Waals surface area (Å²) in [7, 11) is 0. The van der Waals surface area contributed by atoms with Gasteiger partial charge in [0.05, 0.1) is 5.60 Å². The van der Waals surface area contributed by atoms with Crippen molar-refractivity contribution in [2.45, 2.75) is 32.3 Å². The molecule has 20 heavy (non-hydrogen) atoms. The van der Waals surface area contributed by atoms with Crippen LogP contribution in [0.1, 0.15) is 26.7 Å². The summed E-state index contributed by atoms with van der Waals surface area (Å²) in [6.45, 7) is 4.08. The average Bonchev–Trinajstić information content (AvgIpc) is 2.90. The van der Waals surface area contributed by atoms with E-state index in [4.69, 9.17) is 11.6 Å². The summed E-state index contributed by atoms with van der Waals surface area (Å²) in [5.41, 5.74) is -0.832. The maximum absolute atomic E-state index is 10.1. The van der Waals surface area contributed by atoms with Gasteiger partial charge in [-0.25, -0.2) is 4.98 Å². The summed E-state index contributed by atoms with van der Waals surface area (Å²) in [5.74, 6) is 0.548. The van der Waals surface area contributed by atoms with E-state index in [1.54, 1.807) is 6.92 Å². The van der Waals surface area contributed by atoms with E-state index in [1.165, 1.54) is 17.3 Å². The van der Waals surface area contributed by atoms with Crippen molar-refractivity contribution in [2.24, 2.45) is 0 Å². The Labute approximate surface area is 121 Å². The topological polar surface area (TPSA) is 102 Å². The third-order valence-corrected chi connectivity index (χ3v) is 2.80. The van der Waals surface area contributed by atoms with Crippen molar-refractivity contribution in [3.05, 3.63) is 17.9 Å². The minimum absolute atomic E-state index is 0.0446. The second-order valence-electron chi connectivity index (χ2n) is 4.67. The Kier molecular flexibility index (Phi) is 4.46. The molecule has 1 atom stereocenters. The van der Waals surface area contributed by atoms with E-state index >= 15 is 0 Å². The Morgan fingerprint density at radius 3 is 2.85 bits per heavy atom. The second kappa shape index (κ2) is 6.10. The van der Waals surface area contributed by atoms with Crippen molar-refractivity contribution < 1.29 is 5.11 Å². The molecule has 2 N–H and O–H groups in total. The molecule has 0 aliphatic rings. The van der Waals surface area contributed by atoms with Gasteiger partial charge < -0.3 is 10.4 Å². The van der Waals surface area contributed by atoms with Crippen LogP contribution in [0.15, 0.2) is 12.7 Å². The van der Waals surface area contributed by atoms with Gasteiger partial charge in [0.1, 0.15) is 12.7 Å². The first-order valence-corrected chi connectivity index (χ1v) is 6.61. The number of aliphatic hydroxyl groups is 1. The van der Waals surface area contributed by atoms with Gasteiger partial charge in [0.25, 0.3) is 5.95 Å². The van der Waals surface area contributed by atoms with Crippen LogP contribution in [0.25, 0.3) is 5.95 Å². The summed E-state index contributed by atoms with van der Waals surface area (Å²) in [4.78, 5) is 15.9. The number of nitrogens with one attached hydrogen (secondary N) is 1. The lowest BCUT2D eigenvalue weighted by atomic mass is 10.0. The number of hydrogen-bond acceptors (Lipinski definition) is 7. The molecule has 0 fully saturated rings. The highest BCUT2D eigenvalue weighted by Gasteiger charge is 2.19. The zero-order valence-corrected chi connectivity index (χ0v) is 12.0.